The molecule has 1 amide bonds. The molecule has 2 aromatic rings. The number of nitrogens with zero attached hydrogens (tertiary/aromatic N) is 4. The Balaban J connectivity index is 0.000000287. The first kappa shape index (κ1) is 92.4. The number of aromatic hydroxyl groups is 2. The van der Waals surface area contributed by atoms with Crippen molar-refractivity contribution in [3.63, 3.8) is 0 Å². The third-order valence-electron chi connectivity index (χ3n) is 25.2. The number of methoxy groups -OCH3 is 3. The molecule has 113 heavy (non-hydrogen) atoms. The second-order valence-corrected chi connectivity index (χ2v) is 34.6. The van der Waals surface area contributed by atoms with E-state index in [-0.39, 0.29) is 86.9 Å². The topological polar surface area (TPSA) is 392 Å². The largest absolute Gasteiger partial charge is 0.507 e. The van der Waals surface area contributed by atoms with Gasteiger partial charge in [-0.15, -0.1) is 0 Å². The molecule has 4 saturated heterocycles. The van der Waals surface area contributed by atoms with Crippen molar-refractivity contribution in [1.82, 2.24) is 9.80 Å². The molecule has 9 N–H and O–H groups in total. The number of fused-ring (bicyclic) bond motifs is 1. The number of carbonyl (C=O) groups is 5. The fraction of sp³-hybridized carbons (Fsp3) is 0.750. The van der Waals surface area contributed by atoms with Gasteiger partial charge in [0.1, 0.15) is 63.7 Å². The van der Waals surface area contributed by atoms with Gasteiger partial charge in [-0.25, -0.2) is 4.99 Å². The molecule has 7 aliphatic heterocycles. The Morgan fingerprint density at radius 3 is 1.98 bits per heavy atom. The lowest BCUT2D eigenvalue weighted by atomic mass is 9.74. The Morgan fingerprint density at radius 2 is 1.40 bits per heavy atom. The van der Waals surface area contributed by atoms with Gasteiger partial charge in [-0.1, -0.05) is 87.5 Å². The number of carbonyl (C=O) groups excluding carboxylic acids is 5. The van der Waals surface area contributed by atoms with Crippen molar-refractivity contribution in [2.45, 2.75) is 297 Å². The van der Waals surface area contributed by atoms with Crippen LogP contribution >= 0.6 is 0 Å². The highest BCUT2D eigenvalue weighted by Gasteiger charge is 2.56. The number of phenols is 2. The predicted molar refractivity (Wildman–Crippen MR) is 419 cm³/mol. The number of rotatable bonds is 12. The van der Waals surface area contributed by atoms with E-state index in [0.717, 1.165) is 19.6 Å². The first-order valence-electron chi connectivity index (χ1n) is 40.1. The van der Waals surface area contributed by atoms with E-state index >= 15 is 0 Å². The summed E-state index contributed by atoms with van der Waals surface area (Å²) in [5.74, 6) is -11.0. The Labute approximate surface area is 665 Å². The molecule has 0 saturated carbocycles. The number of allylic oxidation sites excluding steroid dienone is 2. The number of likely N-dealkylation sites (tertiary alicyclic amines) is 1. The summed E-state index contributed by atoms with van der Waals surface area (Å²) in [6.45, 7) is 36.6. The van der Waals surface area contributed by atoms with Crippen molar-refractivity contribution in [3.8, 4) is 17.2 Å². The fourth-order valence-electron chi connectivity index (χ4n) is 17.8. The average Bonchev–Trinajstić information content (AvgIpc) is 1.55. The quantitative estimate of drug-likeness (QED) is 0.0749. The highest BCUT2D eigenvalue weighted by Crippen LogP contribution is 2.52. The summed E-state index contributed by atoms with van der Waals surface area (Å²) in [4.78, 5) is 83.0. The van der Waals surface area contributed by atoms with E-state index in [1.54, 1.807) is 114 Å². The fourth-order valence-corrected chi connectivity index (χ4v) is 17.8. The second kappa shape index (κ2) is 36.8. The molecule has 27 atom stereocenters. The number of ether oxygens (including phenoxy) is 11. The lowest BCUT2D eigenvalue weighted by Gasteiger charge is -2.50. The van der Waals surface area contributed by atoms with Gasteiger partial charge in [0.05, 0.1) is 88.9 Å². The maximum absolute atomic E-state index is 14.7. The van der Waals surface area contributed by atoms with Crippen molar-refractivity contribution in [1.29, 1.82) is 0 Å². The minimum atomic E-state index is -1.96. The molecule has 29 nitrogen and oxygen atoms in total. The number of aliphatic hydroxyl groups is 6. The van der Waals surface area contributed by atoms with E-state index in [1.165, 1.54) is 48.4 Å². The van der Waals surface area contributed by atoms with Gasteiger partial charge in [-0.2, -0.15) is 0 Å². The Bertz CT molecular complexity index is 3950. The third kappa shape index (κ3) is 19.2. The number of amides is 1. The number of hydrogen-bond donors (Lipinski definition) is 9. The second-order valence-electron chi connectivity index (χ2n) is 34.6. The zero-order valence-electron chi connectivity index (χ0n) is 71.0. The van der Waals surface area contributed by atoms with Crippen LogP contribution < -0.4 is 20.8 Å². The Morgan fingerprint density at radius 1 is 0.761 bits per heavy atom. The number of phenolic OH excluding ortho intramolecular Hbond substituents is 2. The zero-order chi connectivity index (χ0) is 84.5. The lowest BCUT2D eigenvalue weighted by Crippen LogP contribution is -2.61. The maximum Gasteiger partial charge on any atom is 0.312 e. The molecule has 1 unspecified atom stereocenters. The van der Waals surface area contributed by atoms with E-state index in [2.05, 4.69) is 29.1 Å². The van der Waals surface area contributed by atoms with Crippen LogP contribution in [0.4, 0.5) is 5.69 Å². The van der Waals surface area contributed by atoms with Gasteiger partial charge < -0.3 is 108 Å². The number of Topliss-reactive ketones (excluding diaryl/α,β-unsaturated/α-hetero) is 2. The number of hydrogen-bond acceptors (Lipinski definition) is 28. The lowest BCUT2D eigenvalue weighted by molar-refractivity contribution is -0.319. The molecule has 9 rings (SSSR count). The Hall–Kier alpha value is -6.13. The van der Waals surface area contributed by atoms with Crippen molar-refractivity contribution in [2.75, 3.05) is 60.4 Å². The minimum Gasteiger partial charge on any atom is -0.507 e. The third-order valence-corrected chi connectivity index (χ3v) is 25.2. The maximum atomic E-state index is 14.7. The number of anilines is 1. The van der Waals surface area contributed by atoms with E-state index in [4.69, 9.17) is 57.1 Å². The van der Waals surface area contributed by atoms with Crippen LogP contribution in [-0.4, -0.2) is 255 Å². The molecular formula is C84H131N5O24. The molecule has 7 heterocycles. The van der Waals surface area contributed by atoms with Gasteiger partial charge in [-0.3, -0.25) is 29.0 Å². The molecule has 0 radical (unpaired) electrons. The summed E-state index contributed by atoms with van der Waals surface area (Å²) in [5, 5.41) is 96.1. The normalized spacial score (nSPS) is 40.2. The summed E-state index contributed by atoms with van der Waals surface area (Å²) in [6.07, 6.45) is -3.66. The first-order chi connectivity index (χ1) is 52.6. The minimum absolute atomic E-state index is 0.0538. The molecular weight excluding hydrogens is 1460 g/mol. The van der Waals surface area contributed by atoms with Crippen LogP contribution in [0.1, 0.15) is 186 Å². The number of likely N-dealkylation sites (N-methyl/N-ethyl adjacent to an activating group) is 1. The summed E-state index contributed by atoms with van der Waals surface area (Å²) >= 11 is 0. The first-order valence-corrected chi connectivity index (χ1v) is 40.1. The predicted octanol–water partition coefficient (Wildman–Crippen LogP) is 7.19. The number of nitrogens with one attached hydrogen (secondary N) is 1. The molecule has 0 aromatic heterocycles. The molecule has 2 aromatic carbocycles. The van der Waals surface area contributed by atoms with E-state index < -0.39 is 185 Å². The van der Waals surface area contributed by atoms with E-state index in [0.29, 0.717) is 30.9 Å². The summed E-state index contributed by atoms with van der Waals surface area (Å²) in [5.41, 5.74) is -4.36. The highest BCUT2D eigenvalue weighted by molar-refractivity contribution is 6.21. The van der Waals surface area contributed by atoms with Crippen LogP contribution in [0, 0.1) is 60.2 Å². The van der Waals surface area contributed by atoms with Crippen LogP contribution in [0.15, 0.2) is 46.1 Å². The number of piperidine rings is 1. The van der Waals surface area contributed by atoms with Crippen LogP contribution in [0.25, 0.3) is 10.8 Å². The standard InChI is InChI=1S/C46H62N4O11.C38H69NO13/c1-22(2)21-50-18-16-46(17-19-50)48-34-31-32-39(54)28(8)42-33(31)43(56)45(10,61-42)59-20-15-30(58-11)25(5)41(60-29(9)51)27(7)38(53)26(6)37(52)23(3)13-12-14-24(4)44(57)47-36(40(32)55)35(34)49-46;1-15-26-38(10,45)31(42)21(4)28(40)19(2)17-37(9,47-14)33(52-35-29(41)25(39(11)12)16-20(3)48-35)22(5)30(23(6)34(44)50-26)51-27-18-36(8,46-13)32(43)24(7)49-27/h12-15,20,22-23,25-27,30,37-38,41,48,52-55H,16-19,21H2,1-11H3;19-27,29-33,35,41-43,45H,15-18H2,1-14H3/b13-12+,20-15+,24-14-,47-36?;/t23-,25+,26+,27+,30-,37-,38+,41+,45-;19-,20-,21+,22?,23-,24+,25+,26-,27+,29-,30+,31-,32+,33-,35+,36-,37-,38-/m01/s1. The molecule has 636 valence electrons. The molecule has 7 aliphatic rings. The van der Waals surface area contributed by atoms with Gasteiger partial charge in [0.25, 0.3) is 11.7 Å². The van der Waals surface area contributed by atoms with Crippen LogP contribution in [-0.2, 0) is 66.5 Å². The van der Waals surface area contributed by atoms with Gasteiger partial charge in [-0.05, 0) is 101 Å². The monoisotopic (exact) mass is 1590 g/mol. The molecule has 1 spiro atoms. The molecule has 4 fully saturated rings. The highest BCUT2D eigenvalue weighted by atomic mass is 16.7. The van der Waals surface area contributed by atoms with Crippen LogP contribution in [0.2, 0.25) is 0 Å². The number of benzene rings is 2. The molecule has 0 aliphatic carbocycles. The van der Waals surface area contributed by atoms with Crippen LogP contribution in [0.3, 0.4) is 0 Å². The number of ketones is 2. The van der Waals surface area contributed by atoms with Crippen LogP contribution in [0.5, 0.6) is 17.2 Å². The Kier molecular flexibility index (Phi) is 30.1. The summed E-state index contributed by atoms with van der Waals surface area (Å²) < 4.78 is 67.9. The number of cyclic esters (lactones) is 1. The SMILES string of the molecule is CC[C@H]1OC(=O)[C@H](C)[C@@H](O[C@H]2C[C@@](C)(OC)[C@@H](O)[C@H](C)O2)C(C)[C@@H](O[C@@H]2O[C@H](C)C[C@H](N(C)C)[C@H]2O)[C@](C)(OC)C[C@@H](C)C(=O)[C@H](C)[C@@H](O)[C@]1(C)O.CO[C@H]1/C=C/O[C@@]2(C)Oc3c(C)c(O)c4c(O)c(c5c(c4c3C2=O)NC2(CCN(CC(C)C)CC2)N=5)=NC(=O)/C(C)=C\C=C\[C@H](C)[C@H](O)[C@@H](C)[C@@H](O)[C@@H](C)[C@H](OC(C)=O)[C@@H]1C. The smallest absolute Gasteiger partial charge is 0.312 e. The van der Waals surface area contributed by atoms with E-state index in [1.807, 2.05) is 32.8 Å². The zero-order valence-corrected chi connectivity index (χ0v) is 71.0. The number of aliphatic hydroxyl groups excluding tert-OH is 5. The molecule has 4 bridgehead atoms. The van der Waals surface area contributed by atoms with Gasteiger partial charge >= 0.3 is 17.7 Å². The van der Waals surface area contributed by atoms with Crippen molar-refractivity contribution in [2.24, 2.45) is 63.2 Å². The van der Waals surface area contributed by atoms with Gasteiger partial charge in [0.2, 0.25) is 0 Å². The van der Waals surface area contributed by atoms with Gasteiger partial charge in [0.15, 0.2) is 18.3 Å². The van der Waals surface area contributed by atoms with E-state index in [9.17, 15) is 64.8 Å². The van der Waals surface area contributed by atoms with Crippen molar-refractivity contribution >= 4 is 45.9 Å². The summed E-state index contributed by atoms with van der Waals surface area (Å²) in [7, 11) is 8.23. The van der Waals surface area contributed by atoms with Crippen molar-refractivity contribution in [3.05, 3.63) is 58.0 Å². The average molecular weight is 1590 g/mol. The molecule has 29 heteroatoms. The van der Waals surface area contributed by atoms with Crippen molar-refractivity contribution < 1.29 is 117 Å². The summed E-state index contributed by atoms with van der Waals surface area (Å²) in [6, 6.07) is -0.283. The number of esters is 2. The van der Waals surface area contributed by atoms with Gasteiger partial charge in [0, 0.05) is 138 Å².